The maximum absolute atomic E-state index is 12.4. The lowest BCUT2D eigenvalue weighted by molar-refractivity contribution is 0.411. The number of ether oxygens (including phenoxy) is 1. The molecule has 0 radical (unpaired) electrons. The maximum Gasteiger partial charge on any atom is 0.241 e. The van der Waals surface area contributed by atoms with E-state index >= 15 is 0 Å². The van der Waals surface area contributed by atoms with Crippen LogP contribution < -0.4 is 9.46 Å². The molecule has 0 aliphatic rings. The number of nitrogens with one attached hydrogen (secondary N) is 1. The molecule has 0 aliphatic heterocycles. The smallest absolute Gasteiger partial charge is 0.241 e. The zero-order valence-corrected chi connectivity index (χ0v) is 13.3. The molecule has 114 valence electrons. The van der Waals surface area contributed by atoms with Crippen LogP contribution in [0.25, 0.3) is 0 Å². The summed E-state index contributed by atoms with van der Waals surface area (Å²) < 4.78 is 37.9. The molecular formula is C15H19NO4S. The zero-order chi connectivity index (χ0) is 15.6. The molecule has 1 atom stereocenters. The van der Waals surface area contributed by atoms with Gasteiger partial charge in [0.25, 0.3) is 0 Å². The Morgan fingerprint density at radius 1 is 1.19 bits per heavy atom. The van der Waals surface area contributed by atoms with E-state index in [0.29, 0.717) is 11.5 Å². The highest BCUT2D eigenvalue weighted by molar-refractivity contribution is 7.89. The molecule has 0 bridgehead atoms. The average molecular weight is 309 g/mol. The fourth-order valence-corrected chi connectivity index (χ4v) is 3.36. The van der Waals surface area contributed by atoms with Crippen LogP contribution in [0.3, 0.4) is 0 Å². The standard InChI is InChI=1S/C15H19NO4S/c1-10-9-13(6-8-14(10)19-4)21(17,18)16-12(3)15-7-5-11(2)20-15/h5-9,12,16H,1-4H3/t12-/m0/s1. The first kappa shape index (κ1) is 15.6. The molecule has 1 aromatic carbocycles. The topological polar surface area (TPSA) is 68.5 Å². The number of aryl methyl sites for hydroxylation is 2. The Bertz CT molecular complexity index is 734. The van der Waals surface area contributed by atoms with E-state index in [1.807, 2.05) is 6.92 Å². The van der Waals surface area contributed by atoms with Crippen LogP contribution in [0.2, 0.25) is 0 Å². The van der Waals surface area contributed by atoms with Gasteiger partial charge in [-0.1, -0.05) is 0 Å². The molecule has 2 rings (SSSR count). The van der Waals surface area contributed by atoms with Crippen molar-refractivity contribution in [2.75, 3.05) is 7.11 Å². The molecule has 2 aromatic rings. The molecule has 6 heteroatoms. The molecule has 0 amide bonds. The monoisotopic (exact) mass is 309 g/mol. The molecule has 0 saturated heterocycles. The summed E-state index contributed by atoms with van der Waals surface area (Å²) in [5, 5.41) is 0. The molecule has 0 spiro atoms. The third kappa shape index (κ3) is 3.46. The molecular weight excluding hydrogens is 290 g/mol. The van der Waals surface area contributed by atoms with Crippen LogP contribution in [0, 0.1) is 13.8 Å². The van der Waals surface area contributed by atoms with E-state index in [1.165, 1.54) is 6.07 Å². The van der Waals surface area contributed by atoms with Crippen molar-refractivity contribution in [2.45, 2.75) is 31.7 Å². The van der Waals surface area contributed by atoms with Crippen LogP contribution >= 0.6 is 0 Å². The molecule has 1 aromatic heterocycles. The van der Waals surface area contributed by atoms with Crippen LogP contribution in [-0.4, -0.2) is 15.5 Å². The van der Waals surface area contributed by atoms with Crippen molar-refractivity contribution in [2.24, 2.45) is 0 Å². The van der Waals surface area contributed by atoms with Gasteiger partial charge in [0, 0.05) is 0 Å². The van der Waals surface area contributed by atoms with Crippen LogP contribution in [0.15, 0.2) is 39.6 Å². The quantitative estimate of drug-likeness (QED) is 0.922. The second-order valence-corrected chi connectivity index (χ2v) is 6.64. The fraction of sp³-hybridized carbons (Fsp3) is 0.333. The number of sulfonamides is 1. The minimum absolute atomic E-state index is 0.205. The number of hydrogen-bond acceptors (Lipinski definition) is 4. The number of rotatable bonds is 5. The van der Waals surface area contributed by atoms with Gasteiger partial charge in [0.1, 0.15) is 17.3 Å². The average Bonchev–Trinajstić information content (AvgIpc) is 2.85. The van der Waals surface area contributed by atoms with E-state index in [1.54, 1.807) is 45.2 Å². The Morgan fingerprint density at radius 2 is 1.90 bits per heavy atom. The first-order chi connectivity index (χ1) is 9.83. The lowest BCUT2D eigenvalue weighted by Crippen LogP contribution is -2.26. The van der Waals surface area contributed by atoms with E-state index in [-0.39, 0.29) is 4.90 Å². The third-order valence-electron chi connectivity index (χ3n) is 3.20. The highest BCUT2D eigenvalue weighted by atomic mass is 32.2. The summed E-state index contributed by atoms with van der Waals surface area (Å²) in [7, 11) is -2.06. The summed E-state index contributed by atoms with van der Waals surface area (Å²) in [6.45, 7) is 5.36. The van der Waals surface area contributed by atoms with E-state index < -0.39 is 16.1 Å². The Morgan fingerprint density at radius 3 is 2.43 bits per heavy atom. The highest BCUT2D eigenvalue weighted by Gasteiger charge is 2.20. The van der Waals surface area contributed by atoms with Crippen LogP contribution in [0.1, 0.15) is 30.0 Å². The van der Waals surface area contributed by atoms with Gasteiger partial charge in [0.05, 0.1) is 18.0 Å². The van der Waals surface area contributed by atoms with Crippen LogP contribution in [-0.2, 0) is 10.0 Å². The van der Waals surface area contributed by atoms with Gasteiger partial charge in [-0.2, -0.15) is 0 Å². The lowest BCUT2D eigenvalue weighted by atomic mass is 10.2. The van der Waals surface area contributed by atoms with Gasteiger partial charge in [0.2, 0.25) is 10.0 Å². The van der Waals surface area contributed by atoms with Crippen molar-refractivity contribution in [3.8, 4) is 5.75 Å². The highest BCUT2D eigenvalue weighted by Crippen LogP contribution is 2.23. The van der Waals surface area contributed by atoms with Crippen molar-refractivity contribution in [1.29, 1.82) is 0 Å². The van der Waals surface area contributed by atoms with Crippen molar-refractivity contribution < 1.29 is 17.6 Å². The molecule has 21 heavy (non-hydrogen) atoms. The summed E-state index contributed by atoms with van der Waals surface area (Å²) in [6, 6.07) is 7.88. The summed E-state index contributed by atoms with van der Waals surface area (Å²) in [6.07, 6.45) is 0. The maximum atomic E-state index is 12.4. The lowest BCUT2D eigenvalue weighted by Gasteiger charge is -2.13. The van der Waals surface area contributed by atoms with Gasteiger partial charge in [-0.15, -0.1) is 0 Å². The number of benzene rings is 1. The minimum atomic E-state index is -3.61. The number of hydrogen-bond donors (Lipinski definition) is 1. The molecule has 0 unspecified atom stereocenters. The summed E-state index contributed by atoms with van der Waals surface area (Å²) in [4.78, 5) is 0.205. The first-order valence-corrected chi connectivity index (χ1v) is 8.05. The Kier molecular flexibility index (Phi) is 4.39. The van der Waals surface area contributed by atoms with Crippen molar-refractivity contribution in [3.63, 3.8) is 0 Å². The summed E-state index contributed by atoms with van der Waals surface area (Å²) >= 11 is 0. The summed E-state index contributed by atoms with van der Waals surface area (Å²) in [5.41, 5.74) is 0.766. The van der Waals surface area contributed by atoms with E-state index in [4.69, 9.17) is 9.15 Å². The van der Waals surface area contributed by atoms with Gasteiger partial charge in [-0.3, -0.25) is 0 Å². The van der Waals surface area contributed by atoms with Gasteiger partial charge >= 0.3 is 0 Å². The Balaban J connectivity index is 2.24. The van der Waals surface area contributed by atoms with Gasteiger partial charge < -0.3 is 9.15 Å². The van der Waals surface area contributed by atoms with Crippen LogP contribution in [0.5, 0.6) is 5.75 Å². The predicted octanol–water partition coefficient (Wildman–Crippen LogP) is 2.94. The van der Waals surface area contributed by atoms with Gasteiger partial charge in [0.15, 0.2) is 0 Å². The van der Waals surface area contributed by atoms with Crippen molar-refractivity contribution in [1.82, 2.24) is 4.72 Å². The zero-order valence-electron chi connectivity index (χ0n) is 12.5. The van der Waals surface area contributed by atoms with Gasteiger partial charge in [-0.05, 0) is 56.7 Å². The number of furan rings is 1. The SMILES string of the molecule is COc1ccc(S(=O)(=O)N[C@@H](C)c2ccc(C)o2)cc1C. The van der Waals surface area contributed by atoms with Gasteiger partial charge in [-0.25, -0.2) is 13.1 Å². The number of methoxy groups -OCH3 is 1. The first-order valence-electron chi connectivity index (χ1n) is 6.57. The molecule has 1 heterocycles. The second-order valence-electron chi connectivity index (χ2n) is 4.92. The predicted molar refractivity (Wildman–Crippen MR) is 79.9 cm³/mol. The fourth-order valence-electron chi connectivity index (χ4n) is 2.06. The van der Waals surface area contributed by atoms with E-state index in [2.05, 4.69) is 4.72 Å². The van der Waals surface area contributed by atoms with E-state index in [9.17, 15) is 8.42 Å². The second kappa shape index (κ2) is 5.91. The minimum Gasteiger partial charge on any atom is -0.496 e. The Labute approximate surface area is 125 Å². The van der Waals surface area contributed by atoms with Crippen LogP contribution in [0.4, 0.5) is 0 Å². The third-order valence-corrected chi connectivity index (χ3v) is 4.73. The largest absolute Gasteiger partial charge is 0.496 e. The van der Waals surface area contributed by atoms with E-state index in [0.717, 1.165) is 11.3 Å². The molecule has 0 aliphatic carbocycles. The molecule has 5 nitrogen and oxygen atoms in total. The summed E-state index contributed by atoms with van der Waals surface area (Å²) in [5.74, 6) is 1.99. The van der Waals surface area contributed by atoms with Crippen molar-refractivity contribution >= 4 is 10.0 Å². The molecule has 0 saturated carbocycles. The van der Waals surface area contributed by atoms with Crippen molar-refractivity contribution in [3.05, 3.63) is 47.4 Å². The normalized spacial score (nSPS) is 13.1. The molecule has 1 N–H and O–H groups in total. The Hall–Kier alpha value is -1.79. The molecule has 0 fully saturated rings.